The fraction of sp³-hybridized carbons (Fsp3) is 0.500. The summed E-state index contributed by atoms with van der Waals surface area (Å²) in [7, 11) is 0. The van der Waals surface area contributed by atoms with E-state index in [2.05, 4.69) is 21.2 Å². The van der Waals surface area contributed by atoms with Crippen molar-refractivity contribution in [3.05, 3.63) is 33.8 Å². The van der Waals surface area contributed by atoms with Crippen LogP contribution in [0.1, 0.15) is 42.6 Å². The minimum absolute atomic E-state index is 0.0691. The van der Waals surface area contributed by atoms with Crippen molar-refractivity contribution in [2.75, 3.05) is 6.61 Å². The highest BCUT2D eigenvalue weighted by Crippen LogP contribution is 2.21. The Bertz CT molecular complexity index is 434. The van der Waals surface area contributed by atoms with Gasteiger partial charge in [0, 0.05) is 16.6 Å². The van der Waals surface area contributed by atoms with Crippen LogP contribution in [0.5, 0.6) is 0 Å². The number of carbonyl (C=O) groups is 1. The molecule has 1 aromatic carbocycles. The van der Waals surface area contributed by atoms with Crippen LogP contribution < -0.4 is 5.32 Å². The van der Waals surface area contributed by atoms with E-state index in [9.17, 15) is 4.79 Å². The van der Waals surface area contributed by atoms with Gasteiger partial charge in [-0.15, -0.1) is 0 Å². The van der Waals surface area contributed by atoms with Crippen molar-refractivity contribution < 1.29 is 9.90 Å². The molecule has 0 aliphatic carbocycles. The number of rotatable bonds is 5. The maximum atomic E-state index is 12.2. The lowest BCUT2D eigenvalue weighted by molar-refractivity contribution is 0.0885. The molecule has 3 nitrogen and oxygen atoms in total. The first kappa shape index (κ1) is 15.2. The Labute approximate surface area is 117 Å². The van der Waals surface area contributed by atoms with Crippen LogP contribution >= 0.6 is 15.9 Å². The van der Waals surface area contributed by atoms with Gasteiger partial charge in [-0.1, -0.05) is 13.0 Å². The number of carbonyl (C=O) groups excluding carboxylic acids is 1. The number of hydrogen-bond donors (Lipinski definition) is 2. The zero-order valence-electron chi connectivity index (χ0n) is 11.1. The molecule has 1 unspecified atom stereocenters. The van der Waals surface area contributed by atoms with Gasteiger partial charge in [0.15, 0.2) is 0 Å². The molecule has 100 valence electrons. The second-order valence-corrected chi connectivity index (χ2v) is 5.68. The highest BCUT2D eigenvalue weighted by molar-refractivity contribution is 9.10. The van der Waals surface area contributed by atoms with Crippen molar-refractivity contribution in [2.24, 2.45) is 0 Å². The first-order valence-corrected chi connectivity index (χ1v) is 6.90. The SMILES string of the molecule is CCC(C)(CCO)NC(=O)c1ccc(C)cc1Br. The van der Waals surface area contributed by atoms with Gasteiger partial charge in [0.1, 0.15) is 0 Å². The molecule has 0 aliphatic rings. The van der Waals surface area contributed by atoms with Crippen LogP contribution in [0.15, 0.2) is 22.7 Å². The van der Waals surface area contributed by atoms with Crippen molar-refractivity contribution in [1.82, 2.24) is 5.32 Å². The van der Waals surface area contributed by atoms with E-state index in [1.54, 1.807) is 0 Å². The Kier molecular flexibility index (Phi) is 5.35. The monoisotopic (exact) mass is 313 g/mol. The van der Waals surface area contributed by atoms with Crippen LogP contribution in [0.2, 0.25) is 0 Å². The lowest BCUT2D eigenvalue weighted by atomic mass is 9.94. The average molecular weight is 314 g/mol. The molecular weight excluding hydrogens is 294 g/mol. The fourth-order valence-corrected chi connectivity index (χ4v) is 2.39. The van der Waals surface area contributed by atoms with Crippen LogP contribution in [0, 0.1) is 6.92 Å². The predicted octanol–water partition coefficient (Wildman–Crippen LogP) is 3.04. The Morgan fingerprint density at radius 3 is 2.67 bits per heavy atom. The zero-order valence-corrected chi connectivity index (χ0v) is 12.7. The van der Waals surface area contributed by atoms with Gasteiger partial charge in [0.2, 0.25) is 0 Å². The molecule has 18 heavy (non-hydrogen) atoms. The molecule has 1 aromatic rings. The van der Waals surface area contributed by atoms with Gasteiger partial charge >= 0.3 is 0 Å². The Morgan fingerprint density at radius 1 is 1.50 bits per heavy atom. The summed E-state index contributed by atoms with van der Waals surface area (Å²) in [6, 6.07) is 5.64. The van der Waals surface area contributed by atoms with Crippen LogP contribution in [0.3, 0.4) is 0 Å². The second kappa shape index (κ2) is 6.34. The van der Waals surface area contributed by atoms with Crippen LogP contribution in [0.4, 0.5) is 0 Å². The summed E-state index contributed by atoms with van der Waals surface area (Å²) in [6.07, 6.45) is 1.33. The highest BCUT2D eigenvalue weighted by Gasteiger charge is 2.24. The summed E-state index contributed by atoms with van der Waals surface area (Å²) in [5, 5.41) is 12.0. The molecule has 0 bridgehead atoms. The summed E-state index contributed by atoms with van der Waals surface area (Å²) in [5.74, 6) is -0.111. The number of aliphatic hydroxyl groups is 1. The lowest BCUT2D eigenvalue weighted by Gasteiger charge is -2.29. The minimum Gasteiger partial charge on any atom is -0.396 e. The third-order valence-electron chi connectivity index (χ3n) is 3.23. The van der Waals surface area contributed by atoms with E-state index >= 15 is 0 Å². The Hall–Kier alpha value is -0.870. The van der Waals surface area contributed by atoms with Gasteiger partial charge < -0.3 is 10.4 Å². The maximum absolute atomic E-state index is 12.2. The van der Waals surface area contributed by atoms with Crippen molar-refractivity contribution in [3.63, 3.8) is 0 Å². The molecule has 1 amide bonds. The van der Waals surface area contributed by atoms with Crippen molar-refractivity contribution in [1.29, 1.82) is 0 Å². The first-order chi connectivity index (χ1) is 8.41. The van der Waals surface area contributed by atoms with E-state index in [0.717, 1.165) is 16.5 Å². The van der Waals surface area contributed by atoms with E-state index in [1.807, 2.05) is 39.0 Å². The normalized spacial score (nSPS) is 14.1. The largest absolute Gasteiger partial charge is 0.396 e. The molecule has 0 aromatic heterocycles. The summed E-state index contributed by atoms with van der Waals surface area (Å²) in [4.78, 5) is 12.2. The third-order valence-corrected chi connectivity index (χ3v) is 3.88. The standard InChI is InChI=1S/C14H20BrNO2/c1-4-14(3,7-8-17)16-13(18)11-6-5-10(2)9-12(11)15/h5-6,9,17H,4,7-8H2,1-3H3,(H,16,18). The number of hydrogen-bond acceptors (Lipinski definition) is 2. The van der Waals surface area contributed by atoms with Crippen LogP contribution in [-0.2, 0) is 0 Å². The summed E-state index contributed by atoms with van der Waals surface area (Å²) in [5.41, 5.74) is 1.36. The molecule has 0 fully saturated rings. The van der Waals surface area contributed by atoms with E-state index < -0.39 is 0 Å². The molecule has 4 heteroatoms. The Morgan fingerprint density at radius 2 is 2.17 bits per heavy atom. The molecule has 1 rings (SSSR count). The van der Waals surface area contributed by atoms with Gasteiger partial charge in [0.25, 0.3) is 5.91 Å². The highest BCUT2D eigenvalue weighted by atomic mass is 79.9. The molecule has 0 radical (unpaired) electrons. The molecule has 0 saturated carbocycles. The summed E-state index contributed by atoms with van der Waals surface area (Å²) < 4.78 is 0.794. The zero-order chi connectivity index (χ0) is 13.8. The van der Waals surface area contributed by atoms with Crippen molar-refractivity contribution in [3.8, 4) is 0 Å². The van der Waals surface area contributed by atoms with E-state index in [4.69, 9.17) is 5.11 Å². The average Bonchev–Trinajstić information content (AvgIpc) is 2.28. The topological polar surface area (TPSA) is 49.3 Å². The van der Waals surface area contributed by atoms with Gasteiger partial charge in [-0.2, -0.15) is 0 Å². The fourth-order valence-electron chi connectivity index (χ4n) is 1.72. The van der Waals surface area contributed by atoms with E-state index in [-0.39, 0.29) is 18.1 Å². The second-order valence-electron chi connectivity index (χ2n) is 4.83. The number of aliphatic hydroxyl groups excluding tert-OH is 1. The van der Waals surface area contributed by atoms with Gasteiger partial charge in [-0.3, -0.25) is 4.79 Å². The predicted molar refractivity (Wildman–Crippen MR) is 76.7 cm³/mol. The van der Waals surface area contributed by atoms with Gasteiger partial charge in [-0.05, 0) is 60.3 Å². The quantitative estimate of drug-likeness (QED) is 0.877. The molecule has 0 saturated heterocycles. The molecule has 2 N–H and O–H groups in total. The van der Waals surface area contributed by atoms with Crippen LogP contribution in [-0.4, -0.2) is 23.2 Å². The summed E-state index contributed by atoms with van der Waals surface area (Å²) in [6.45, 7) is 6.00. The third kappa shape index (κ3) is 3.82. The lowest BCUT2D eigenvalue weighted by Crippen LogP contribution is -2.46. The van der Waals surface area contributed by atoms with Crippen LogP contribution in [0.25, 0.3) is 0 Å². The number of amides is 1. The van der Waals surface area contributed by atoms with Crippen molar-refractivity contribution in [2.45, 2.75) is 39.2 Å². The van der Waals surface area contributed by atoms with Gasteiger partial charge in [-0.25, -0.2) is 0 Å². The van der Waals surface area contributed by atoms with Gasteiger partial charge in [0.05, 0.1) is 5.56 Å². The smallest absolute Gasteiger partial charge is 0.252 e. The molecule has 0 heterocycles. The number of benzene rings is 1. The molecular formula is C14H20BrNO2. The van der Waals surface area contributed by atoms with E-state index in [0.29, 0.717) is 12.0 Å². The Balaban J connectivity index is 2.87. The minimum atomic E-state index is -0.365. The molecule has 1 atom stereocenters. The first-order valence-electron chi connectivity index (χ1n) is 6.11. The maximum Gasteiger partial charge on any atom is 0.252 e. The molecule has 0 aliphatic heterocycles. The number of nitrogens with one attached hydrogen (secondary N) is 1. The van der Waals surface area contributed by atoms with E-state index in [1.165, 1.54) is 0 Å². The molecule has 0 spiro atoms. The summed E-state index contributed by atoms with van der Waals surface area (Å²) >= 11 is 3.41. The van der Waals surface area contributed by atoms with Crippen molar-refractivity contribution >= 4 is 21.8 Å². The number of halogens is 1. The number of aryl methyl sites for hydroxylation is 1.